The second-order valence-electron chi connectivity index (χ2n) is 7.77. The smallest absolute Gasteiger partial charge is 0.271 e. The highest BCUT2D eigenvalue weighted by atomic mass is 16.2. The number of aryl methyl sites for hydroxylation is 1. The van der Waals surface area contributed by atoms with Crippen LogP contribution < -0.4 is 10.9 Å². The number of carbonyl (C=O) groups is 1. The van der Waals surface area contributed by atoms with Gasteiger partial charge in [-0.2, -0.15) is 5.10 Å². The average molecular weight is 439 g/mol. The molecule has 164 valence electrons. The molecule has 0 saturated carbocycles. The number of hydrogen-bond donors (Lipinski definition) is 1. The lowest BCUT2D eigenvalue weighted by atomic mass is 10.1. The number of nitrogens with one attached hydrogen (secondary N) is 1. The van der Waals surface area contributed by atoms with Crippen molar-refractivity contribution in [3.8, 4) is 0 Å². The van der Waals surface area contributed by atoms with Crippen molar-refractivity contribution in [3.63, 3.8) is 0 Å². The maximum Gasteiger partial charge on any atom is 0.271 e. The number of carbonyl (C=O) groups excluding carboxylic acids is 1. The predicted octanol–water partition coefficient (Wildman–Crippen LogP) is 2.32. The van der Waals surface area contributed by atoms with Gasteiger partial charge in [0.15, 0.2) is 5.65 Å². The van der Waals surface area contributed by atoms with Crippen molar-refractivity contribution in [2.75, 3.05) is 6.54 Å². The summed E-state index contributed by atoms with van der Waals surface area (Å²) in [5, 5.41) is 7.55. The molecular weight excluding hydrogens is 418 g/mol. The molecule has 0 spiro atoms. The van der Waals surface area contributed by atoms with Gasteiger partial charge in [0.25, 0.3) is 11.5 Å². The van der Waals surface area contributed by atoms with E-state index in [-0.39, 0.29) is 17.2 Å². The molecule has 2 aromatic carbocycles. The molecule has 33 heavy (non-hydrogen) atoms. The summed E-state index contributed by atoms with van der Waals surface area (Å²) in [5.74, 6) is -0.321. The maximum atomic E-state index is 12.9. The van der Waals surface area contributed by atoms with E-state index < -0.39 is 0 Å². The first-order valence-corrected chi connectivity index (χ1v) is 10.5. The van der Waals surface area contributed by atoms with Gasteiger partial charge in [-0.25, -0.2) is 14.6 Å². The molecule has 5 rings (SSSR count). The molecule has 0 radical (unpaired) electrons. The molecule has 9 heteroatoms. The van der Waals surface area contributed by atoms with Crippen molar-refractivity contribution < 1.29 is 4.79 Å². The molecular formula is C24H21N7O2. The Balaban J connectivity index is 1.27. The van der Waals surface area contributed by atoms with Crippen LogP contribution in [0.25, 0.3) is 22.1 Å². The summed E-state index contributed by atoms with van der Waals surface area (Å²) < 4.78 is 3.18. The Kier molecular flexibility index (Phi) is 5.35. The highest BCUT2D eigenvalue weighted by Gasteiger charge is 2.12. The molecule has 0 aliphatic rings. The Morgan fingerprint density at radius 1 is 1.00 bits per heavy atom. The number of fused-ring (bicyclic) bond motifs is 2. The number of para-hydroxylation sites is 2. The van der Waals surface area contributed by atoms with Crippen LogP contribution in [0.4, 0.5) is 0 Å². The minimum atomic E-state index is -0.321. The highest BCUT2D eigenvalue weighted by molar-refractivity contribution is 5.93. The third-order valence-electron chi connectivity index (χ3n) is 5.39. The first kappa shape index (κ1) is 20.5. The van der Waals surface area contributed by atoms with Gasteiger partial charge in [-0.05, 0) is 24.6 Å². The lowest BCUT2D eigenvalue weighted by Gasteiger charge is -2.08. The molecule has 3 heterocycles. The standard InChI is InChI=1S/C24H21N7O2/c1-16-6-8-17(9-7-16)14-30-15-27-22-18(24(30)33)12-28-31(22)11-10-25-23(32)21-13-26-19-4-2-3-5-20(19)29-21/h2-9,12-13,15H,10-11,14H2,1H3,(H,25,32). The summed E-state index contributed by atoms with van der Waals surface area (Å²) in [4.78, 5) is 38.4. The Morgan fingerprint density at radius 3 is 2.61 bits per heavy atom. The molecule has 0 saturated heterocycles. The number of amides is 1. The van der Waals surface area contributed by atoms with E-state index in [1.807, 2.05) is 55.5 Å². The molecule has 1 amide bonds. The van der Waals surface area contributed by atoms with Crippen LogP contribution >= 0.6 is 0 Å². The summed E-state index contributed by atoms with van der Waals surface area (Å²) in [5.41, 5.74) is 4.17. The van der Waals surface area contributed by atoms with Crippen LogP contribution in [0.3, 0.4) is 0 Å². The maximum absolute atomic E-state index is 12.9. The normalized spacial score (nSPS) is 11.2. The molecule has 3 aromatic heterocycles. The summed E-state index contributed by atoms with van der Waals surface area (Å²) in [6.45, 7) is 3.13. The first-order valence-electron chi connectivity index (χ1n) is 10.5. The Morgan fingerprint density at radius 2 is 1.79 bits per heavy atom. The lowest BCUT2D eigenvalue weighted by molar-refractivity contribution is 0.0947. The Bertz CT molecular complexity index is 1520. The fourth-order valence-corrected chi connectivity index (χ4v) is 3.60. The zero-order valence-electron chi connectivity index (χ0n) is 18.0. The summed E-state index contributed by atoms with van der Waals surface area (Å²) in [7, 11) is 0. The summed E-state index contributed by atoms with van der Waals surface area (Å²) in [6, 6.07) is 15.4. The molecule has 0 bridgehead atoms. The van der Waals surface area contributed by atoms with Crippen LogP contribution in [0.5, 0.6) is 0 Å². The van der Waals surface area contributed by atoms with Gasteiger partial charge in [0.1, 0.15) is 17.4 Å². The van der Waals surface area contributed by atoms with Gasteiger partial charge in [-0.1, -0.05) is 42.0 Å². The molecule has 0 fully saturated rings. The first-order chi connectivity index (χ1) is 16.1. The van der Waals surface area contributed by atoms with Crippen LogP contribution in [0, 0.1) is 6.92 Å². The second-order valence-corrected chi connectivity index (χ2v) is 7.77. The number of hydrogen-bond acceptors (Lipinski definition) is 6. The van der Waals surface area contributed by atoms with Crippen molar-refractivity contribution >= 4 is 28.0 Å². The van der Waals surface area contributed by atoms with E-state index in [1.165, 1.54) is 24.3 Å². The largest absolute Gasteiger partial charge is 0.349 e. The molecule has 0 aliphatic carbocycles. The number of nitrogens with zero attached hydrogens (tertiary/aromatic N) is 6. The van der Waals surface area contributed by atoms with Crippen LogP contribution in [0.2, 0.25) is 0 Å². The van der Waals surface area contributed by atoms with Gasteiger partial charge in [-0.15, -0.1) is 0 Å². The number of rotatable bonds is 6. The lowest BCUT2D eigenvalue weighted by Crippen LogP contribution is -2.28. The molecule has 1 N–H and O–H groups in total. The SMILES string of the molecule is Cc1ccc(Cn2cnc3c(cnn3CCNC(=O)c3cnc4ccccc4n3)c2=O)cc1. The van der Waals surface area contributed by atoms with Crippen LogP contribution in [0.15, 0.2) is 72.0 Å². The van der Waals surface area contributed by atoms with Crippen LogP contribution in [-0.2, 0) is 13.1 Å². The number of benzene rings is 2. The van der Waals surface area contributed by atoms with Gasteiger partial charge >= 0.3 is 0 Å². The van der Waals surface area contributed by atoms with Crippen molar-refractivity contribution in [1.29, 1.82) is 0 Å². The van der Waals surface area contributed by atoms with Gasteiger partial charge in [0.05, 0.1) is 36.5 Å². The summed E-state index contributed by atoms with van der Waals surface area (Å²) in [6.07, 6.45) is 4.51. The second kappa shape index (κ2) is 8.62. The minimum absolute atomic E-state index is 0.151. The van der Waals surface area contributed by atoms with Gasteiger partial charge < -0.3 is 5.32 Å². The quantitative estimate of drug-likeness (QED) is 0.435. The van der Waals surface area contributed by atoms with Crippen molar-refractivity contribution in [3.05, 3.63) is 94.4 Å². The van der Waals surface area contributed by atoms with E-state index in [0.29, 0.717) is 36.2 Å². The van der Waals surface area contributed by atoms with E-state index in [2.05, 4.69) is 25.4 Å². The van der Waals surface area contributed by atoms with Crippen LogP contribution in [-0.4, -0.2) is 41.8 Å². The topological polar surface area (TPSA) is 108 Å². The van der Waals surface area contributed by atoms with Gasteiger partial charge in [-0.3, -0.25) is 19.1 Å². The number of aromatic nitrogens is 6. The molecule has 0 aliphatic heterocycles. The third kappa shape index (κ3) is 4.20. The minimum Gasteiger partial charge on any atom is -0.349 e. The predicted molar refractivity (Wildman–Crippen MR) is 124 cm³/mol. The molecule has 0 unspecified atom stereocenters. The van der Waals surface area contributed by atoms with Crippen LogP contribution in [0.1, 0.15) is 21.6 Å². The van der Waals surface area contributed by atoms with Crippen molar-refractivity contribution in [1.82, 2.24) is 34.6 Å². The van der Waals surface area contributed by atoms with E-state index in [0.717, 1.165) is 11.1 Å². The molecule has 9 nitrogen and oxygen atoms in total. The third-order valence-corrected chi connectivity index (χ3v) is 5.39. The van der Waals surface area contributed by atoms with Gasteiger partial charge in [0, 0.05) is 6.54 Å². The van der Waals surface area contributed by atoms with Gasteiger partial charge in [0.2, 0.25) is 0 Å². The molecule has 5 aromatic rings. The average Bonchev–Trinajstić information content (AvgIpc) is 3.25. The van der Waals surface area contributed by atoms with Crippen molar-refractivity contribution in [2.24, 2.45) is 0 Å². The monoisotopic (exact) mass is 439 g/mol. The fourth-order valence-electron chi connectivity index (χ4n) is 3.60. The van der Waals surface area contributed by atoms with E-state index >= 15 is 0 Å². The highest BCUT2D eigenvalue weighted by Crippen LogP contribution is 2.10. The van der Waals surface area contributed by atoms with Crippen molar-refractivity contribution in [2.45, 2.75) is 20.0 Å². The Labute approximate surface area is 188 Å². The summed E-state index contributed by atoms with van der Waals surface area (Å²) >= 11 is 0. The zero-order chi connectivity index (χ0) is 22.8. The molecule has 0 atom stereocenters. The Hall–Kier alpha value is -4.40. The van der Waals surface area contributed by atoms with E-state index in [1.54, 1.807) is 9.25 Å². The zero-order valence-corrected chi connectivity index (χ0v) is 18.0. The van der Waals surface area contributed by atoms with E-state index in [9.17, 15) is 9.59 Å². The van der Waals surface area contributed by atoms with E-state index in [4.69, 9.17) is 0 Å². The fraction of sp³-hybridized carbons (Fsp3) is 0.167.